The molecule has 1 saturated carbocycles. The van der Waals surface area contributed by atoms with Crippen LogP contribution in [0.15, 0.2) is 30.3 Å². The van der Waals surface area contributed by atoms with Gasteiger partial charge in [-0.25, -0.2) is 0 Å². The Morgan fingerprint density at radius 3 is 2.62 bits per heavy atom. The van der Waals surface area contributed by atoms with E-state index in [1.165, 1.54) is 0 Å². The molecule has 1 aliphatic carbocycles. The number of nitrogens with zero attached hydrogens (tertiary/aromatic N) is 1. The molecular weight excluding hydrogens is 411 g/mol. The highest BCUT2D eigenvalue weighted by Crippen LogP contribution is 2.45. The maximum atomic E-state index is 5.94. The van der Waals surface area contributed by atoms with Crippen LogP contribution in [-0.2, 0) is 11.3 Å². The summed E-state index contributed by atoms with van der Waals surface area (Å²) in [4.78, 5) is 4.39. The van der Waals surface area contributed by atoms with E-state index < -0.39 is 0 Å². The molecule has 0 amide bonds. The molecule has 0 unspecified atom stereocenters. The van der Waals surface area contributed by atoms with E-state index in [-0.39, 0.29) is 5.41 Å². The second-order valence-corrected chi connectivity index (χ2v) is 7.56. The number of rotatable bonds is 4. The van der Waals surface area contributed by atoms with Gasteiger partial charge in [0.2, 0.25) is 0 Å². The summed E-state index contributed by atoms with van der Waals surface area (Å²) < 4.78 is 7.02. The summed E-state index contributed by atoms with van der Waals surface area (Å²) in [6.07, 6.45) is 2.22. The average molecular weight is 432 g/mol. The molecule has 1 heterocycles. The third kappa shape index (κ3) is 4.28. The highest BCUT2D eigenvalue weighted by molar-refractivity contribution is 14.1. The maximum Gasteiger partial charge on any atom is 0.0728 e. The first kappa shape index (κ1) is 17.2. The molecule has 1 aromatic carbocycles. The standard InChI is InChI=1S/C20H21IN2O/c1-14-10-16(11-15(2)23-14)6-7-20(8-9-20)13-24-12-17-4-3-5-18(22)19(17)21/h3-5,10-11H,8-9,12-13,22H2,1-2H3. The minimum atomic E-state index is 0.0246. The number of anilines is 1. The minimum Gasteiger partial charge on any atom is -0.398 e. The van der Waals surface area contributed by atoms with Gasteiger partial charge in [-0.2, -0.15) is 0 Å². The van der Waals surface area contributed by atoms with Crippen molar-refractivity contribution in [3.05, 3.63) is 56.4 Å². The number of halogens is 1. The van der Waals surface area contributed by atoms with Crippen molar-refractivity contribution < 1.29 is 4.74 Å². The van der Waals surface area contributed by atoms with Crippen molar-refractivity contribution in [2.75, 3.05) is 12.3 Å². The van der Waals surface area contributed by atoms with Gasteiger partial charge < -0.3 is 10.5 Å². The van der Waals surface area contributed by atoms with Crippen molar-refractivity contribution in [1.29, 1.82) is 0 Å². The summed E-state index contributed by atoms with van der Waals surface area (Å²) in [5.74, 6) is 6.73. The average Bonchev–Trinajstić information content (AvgIpc) is 3.29. The molecule has 24 heavy (non-hydrogen) atoms. The van der Waals surface area contributed by atoms with Crippen LogP contribution >= 0.6 is 22.6 Å². The fourth-order valence-electron chi connectivity index (χ4n) is 2.64. The van der Waals surface area contributed by atoms with Crippen molar-refractivity contribution in [3.63, 3.8) is 0 Å². The third-order valence-corrected chi connectivity index (χ3v) is 5.47. The lowest BCUT2D eigenvalue weighted by atomic mass is 10.1. The molecule has 1 aromatic heterocycles. The summed E-state index contributed by atoms with van der Waals surface area (Å²) in [6.45, 7) is 5.26. The van der Waals surface area contributed by atoms with E-state index in [0.717, 1.165) is 44.6 Å². The van der Waals surface area contributed by atoms with Crippen LogP contribution in [0.3, 0.4) is 0 Å². The van der Waals surface area contributed by atoms with Crippen molar-refractivity contribution in [3.8, 4) is 11.8 Å². The van der Waals surface area contributed by atoms with E-state index in [1.54, 1.807) is 0 Å². The fourth-order valence-corrected chi connectivity index (χ4v) is 3.15. The molecule has 0 spiro atoms. The maximum absolute atomic E-state index is 5.94. The second-order valence-electron chi connectivity index (χ2n) is 6.48. The number of aryl methyl sites for hydroxylation is 2. The van der Waals surface area contributed by atoms with Gasteiger partial charge in [0.05, 0.1) is 18.6 Å². The quantitative estimate of drug-likeness (QED) is 0.447. The highest BCUT2D eigenvalue weighted by atomic mass is 127. The number of pyridine rings is 1. The molecular formula is C20H21IN2O. The first-order valence-electron chi connectivity index (χ1n) is 8.07. The minimum absolute atomic E-state index is 0.0246. The molecule has 0 atom stereocenters. The van der Waals surface area contributed by atoms with Gasteiger partial charge in [0.15, 0.2) is 0 Å². The first-order chi connectivity index (χ1) is 11.5. The lowest BCUT2D eigenvalue weighted by Gasteiger charge is -2.11. The monoisotopic (exact) mass is 432 g/mol. The van der Waals surface area contributed by atoms with Crippen LogP contribution in [0.1, 0.15) is 35.4 Å². The van der Waals surface area contributed by atoms with E-state index in [0.29, 0.717) is 13.2 Å². The smallest absolute Gasteiger partial charge is 0.0728 e. The fraction of sp³-hybridized carbons (Fsp3) is 0.350. The van der Waals surface area contributed by atoms with Crippen molar-refractivity contribution in [2.45, 2.75) is 33.3 Å². The number of benzene rings is 1. The number of aromatic nitrogens is 1. The topological polar surface area (TPSA) is 48.1 Å². The van der Waals surface area contributed by atoms with Gasteiger partial charge >= 0.3 is 0 Å². The van der Waals surface area contributed by atoms with Crippen LogP contribution < -0.4 is 5.73 Å². The van der Waals surface area contributed by atoms with E-state index in [9.17, 15) is 0 Å². The lowest BCUT2D eigenvalue weighted by Crippen LogP contribution is -2.09. The van der Waals surface area contributed by atoms with E-state index in [2.05, 4.69) is 45.5 Å². The van der Waals surface area contributed by atoms with Gasteiger partial charge in [-0.05, 0) is 73.0 Å². The van der Waals surface area contributed by atoms with Gasteiger partial charge in [-0.3, -0.25) is 4.98 Å². The zero-order valence-corrected chi connectivity index (χ0v) is 16.2. The second kappa shape index (κ2) is 7.12. The van der Waals surface area contributed by atoms with Crippen molar-refractivity contribution in [2.24, 2.45) is 5.41 Å². The summed E-state index contributed by atoms with van der Waals surface area (Å²) in [5.41, 5.74) is 11.0. The SMILES string of the molecule is Cc1cc(C#CC2(COCc3cccc(N)c3I)CC2)cc(C)n1. The molecule has 1 fully saturated rings. The van der Waals surface area contributed by atoms with Crippen LogP contribution in [0.5, 0.6) is 0 Å². The summed E-state index contributed by atoms with van der Waals surface area (Å²) in [6, 6.07) is 10.0. The van der Waals surface area contributed by atoms with Crippen molar-refractivity contribution >= 4 is 28.3 Å². The van der Waals surface area contributed by atoms with Crippen LogP contribution in [0.4, 0.5) is 5.69 Å². The Morgan fingerprint density at radius 1 is 1.25 bits per heavy atom. The number of hydrogen-bond donors (Lipinski definition) is 1. The van der Waals surface area contributed by atoms with Crippen LogP contribution in [-0.4, -0.2) is 11.6 Å². The normalized spacial score (nSPS) is 14.8. The number of nitrogen functional groups attached to an aromatic ring is 1. The molecule has 0 bridgehead atoms. The molecule has 0 radical (unpaired) electrons. The third-order valence-electron chi connectivity index (χ3n) is 4.15. The van der Waals surface area contributed by atoms with Gasteiger partial charge in [-0.1, -0.05) is 24.0 Å². The lowest BCUT2D eigenvalue weighted by molar-refractivity contribution is 0.0949. The first-order valence-corrected chi connectivity index (χ1v) is 9.14. The van der Waals surface area contributed by atoms with Gasteiger partial charge in [0.1, 0.15) is 0 Å². The molecule has 0 saturated heterocycles. The van der Waals surface area contributed by atoms with Gasteiger partial charge in [-0.15, -0.1) is 0 Å². The molecule has 124 valence electrons. The predicted molar refractivity (Wildman–Crippen MR) is 105 cm³/mol. The summed E-state index contributed by atoms with van der Waals surface area (Å²) in [7, 11) is 0. The zero-order valence-electron chi connectivity index (χ0n) is 14.0. The van der Waals surface area contributed by atoms with Crippen molar-refractivity contribution in [1.82, 2.24) is 4.98 Å². The Balaban J connectivity index is 1.61. The molecule has 1 aliphatic rings. The van der Waals surface area contributed by atoms with E-state index in [4.69, 9.17) is 10.5 Å². The van der Waals surface area contributed by atoms with Crippen LogP contribution in [0.2, 0.25) is 0 Å². The Kier molecular flexibility index (Phi) is 5.12. The molecule has 2 N–H and O–H groups in total. The Morgan fingerprint density at radius 2 is 1.96 bits per heavy atom. The number of hydrogen-bond acceptors (Lipinski definition) is 3. The number of ether oxygens (including phenoxy) is 1. The molecule has 2 aromatic rings. The van der Waals surface area contributed by atoms with Gasteiger partial charge in [0, 0.05) is 26.2 Å². The Bertz CT molecular complexity index is 796. The Hall–Kier alpha value is -1.58. The summed E-state index contributed by atoms with van der Waals surface area (Å²) in [5, 5.41) is 0. The van der Waals surface area contributed by atoms with Crippen LogP contribution in [0.25, 0.3) is 0 Å². The molecule has 4 heteroatoms. The predicted octanol–water partition coefficient (Wildman–Crippen LogP) is 4.23. The molecule has 3 nitrogen and oxygen atoms in total. The molecule has 3 rings (SSSR count). The number of nitrogens with two attached hydrogens (primary N) is 1. The zero-order chi connectivity index (χ0) is 17.2. The van der Waals surface area contributed by atoms with Crippen LogP contribution in [0, 0.1) is 34.7 Å². The van der Waals surface area contributed by atoms with E-state index in [1.807, 2.05) is 38.1 Å². The molecule has 0 aliphatic heterocycles. The largest absolute Gasteiger partial charge is 0.398 e. The van der Waals surface area contributed by atoms with Gasteiger partial charge in [0.25, 0.3) is 0 Å². The van der Waals surface area contributed by atoms with E-state index >= 15 is 0 Å². The summed E-state index contributed by atoms with van der Waals surface area (Å²) >= 11 is 2.27. The Labute approximate surface area is 157 Å². The highest BCUT2D eigenvalue weighted by Gasteiger charge is 2.41.